The molecule has 2 aliphatic heterocycles. The fraction of sp³-hybridized carbons (Fsp3) is 0.286. The highest BCUT2D eigenvalue weighted by Crippen LogP contribution is 2.36. The van der Waals surface area contributed by atoms with Crippen LogP contribution in [0.25, 0.3) is 10.2 Å². The molecule has 35 heavy (non-hydrogen) atoms. The van der Waals surface area contributed by atoms with Crippen molar-refractivity contribution in [1.29, 1.82) is 0 Å². The van der Waals surface area contributed by atoms with Crippen molar-refractivity contribution in [3.63, 3.8) is 0 Å². The van der Waals surface area contributed by atoms with E-state index in [0.29, 0.717) is 11.9 Å². The number of carbonyl (C=O) groups excluding carboxylic acids is 1. The second kappa shape index (κ2) is 9.32. The molecule has 3 heterocycles. The lowest BCUT2D eigenvalue weighted by molar-refractivity contribution is -0.125. The number of ether oxygens (including phenoxy) is 1. The number of carbonyl (C=O) groups is 1. The maximum absolute atomic E-state index is 12.8. The Morgan fingerprint density at radius 3 is 2.46 bits per heavy atom. The van der Waals surface area contributed by atoms with Gasteiger partial charge in [0.1, 0.15) is 11.3 Å². The van der Waals surface area contributed by atoms with Crippen molar-refractivity contribution in [3.05, 3.63) is 84.4 Å². The summed E-state index contributed by atoms with van der Waals surface area (Å²) in [5.41, 5.74) is 2.95. The maximum atomic E-state index is 12.8. The Morgan fingerprint density at radius 2 is 1.69 bits per heavy atom. The fourth-order valence-electron chi connectivity index (χ4n) is 5.19. The molecule has 3 aromatic carbocycles. The number of nitrogens with zero attached hydrogens (tertiary/aromatic N) is 3. The van der Waals surface area contributed by atoms with Gasteiger partial charge in [-0.1, -0.05) is 53.8 Å². The zero-order valence-corrected chi connectivity index (χ0v) is 20.3. The first-order chi connectivity index (χ1) is 17.2. The van der Waals surface area contributed by atoms with Gasteiger partial charge < -0.3 is 19.9 Å². The second-order valence-electron chi connectivity index (χ2n) is 9.24. The molecule has 1 aromatic heterocycles. The van der Waals surface area contributed by atoms with E-state index in [1.807, 2.05) is 48.5 Å². The number of likely N-dealkylation sites (tertiary alicyclic amines) is 1. The minimum absolute atomic E-state index is 0.171. The molecule has 0 radical (unpaired) electrons. The summed E-state index contributed by atoms with van der Waals surface area (Å²) in [6.07, 6.45) is 2.67. The van der Waals surface area contributed by atoms with Crippen LogP contribution < -0.4 is 15.0 Å². The normalized spacial score (nSPS) is 17.7. The molecule has 0 aliphatic carbocycles. The Morgan fingerprint density at radius 1 is 0.943 bits per heavy atom. The third-order valence-corrected chi connectivity index (χ3v) is 8.12. The van der Waals surface area contributed by atoms with Gasteiger partial charge in [0.25, 0.3) is 5.19 Å². The van der Waals surface area contributed by atoms with Crippen molar-refractivity contribution in [2.75, 3.05) is 31.2 Å². The van der Waals surface area contributed by atoms with Crippen LogP contribution in [0.4, 0.5) is 5.69 Å². The minimum atomic E-state index is -0.419. The van der Waals surface area contributed by atoms with Crippen LogP contribution in [0.15, 0.2) is 78.9 Å². The lowest BCUT2D eigenvalue weighted by Crippen LogP contribution is -2.56. The van der Waals surface area contributed by atoms with Gasteiger partial charge in [-0.25, -0.2) is 4.98 Å². The van der Waals surface area contributed by atoms with Crippen LogP contribution in [0.1, 0.15) is 18.4 Å². The fourth-order valence-corrected chi connectivity index (χ4v) is 6.02. The number of anilines is 1. The molecule has 178 valence electrons. The van der Waals surface area contributed by atoms with Gasteiger partial charge >= 0.3 is 0 Å². The number of hydrogen-bond donors (Lipinski definition) is 1. The highest BCUT2D eigenvalue weighted by Gasteiger charge is 2.50. The number of hydrogen-bond acceptors (Lipinski definition) is 6. The van der Waals surface area contributed by atoms with E-state index < -0.39 is 5.54 Å². The number of nitrogens with one attached hydrogen (secondary N) is 1. The van der Waals surface area contributed by atoms with E-state index in [1.165, 1.54) is 5.56 Å². The van der Waals surface area contributed by atoms with Gasteiger partial charge in [0, 0.05) is 25.3 Å². The van der Waals surface area contributed by atoms with Crippen LogP contribution in [-0.2, 0) is 11.2 Å². The topological polar surface area (TPSA) is 57.7 Å². The van der Waals surface area contributed by atoms with E-state index in [9.17, 15) is 4.79 Å². The van der Waals surface area contributed by atoms with Crippen molar-refractivity contribution in [2.45, 2.75) is 24.8 Å². The minimum Gasteiger partial charge on any atom is -0.431 e. The van der Waals surface area contributed by atoms with Crippen molar-refractivity contribution >= 4 is 33.1 Å². The quantitative estimate of drug-likeness (QED) is 0.415. The molecule has 7 heteroatoms. The Kier molecular flexibility index (Phi) is 5.88. The molecule has 1 spiro atoms. The average molecular weight is 485 g/mol. The molecule has 2 aliphatic rings. The highest BCUT2D eigenvalue weighted by molar-refractivity contribution is 7.20. The summed E-state index contributed by atoms with van der Waals surface area (Å²) in [6, 6.07) is 26.7. The summed E-state index contributed by atoms with van der Waals surface area (Å²) >= 11 is 1.56. The Bertz CT molecular complexity index is 1280. The Balaban J connectivity index is 1.04. The molecule has 2 fully saturated rings. The summed E-state index contributed by atoms with van der Waals surface area (Å²) in [5, 5.41) is 3.75. The van der Waals surface area contributed by atoms with E-state index in [0.717, 1.165) is 60.6 Å². The number of thiazole rings is 1. The molecule has 2 saturated heterocycles. The van der Waals surface area contributed by atoms with Crippen molar-refractivity contribution in [1.82, 2.24) is 15.2 Å². The number of para-hydroxylation sites is 2. The number of rotatable bonds is 6. The Hall–Kier alpha value is -3.42. The maximum Gasteiger partial charge on any atom is 0.279 e. The first-order valence-electron chi connectivity index (χ1n) is 12.2. The van der Waals surface area contributed by atoms with Crippen LogP contribution in [0.5, 0.6) is 10.9 Å². The van der Waals surface area contributed by atoms with E-state index in [2.05, 4.69) is 50.4 Å². The lowest BCUT2D eigenvalue weighted by Gasteiger charge is -2.43. The molecule has 1 N–H and O–H groups in total. The zero-order chi connectivity index (χ0) is 23.7. The van der Waals surface area contributed by atoms with E-state index in [1.54, 1.807) is 11.3 Å². The zero-order valence-electron chi connectivity index (χ0n) is 19.5. The predicted molar refractivity (Wildman–Crippen MR) is 140 cm³/mol. The van der Waals surface area contributed by atoms with Gasteiger partial charge in [0.15, 0.2) is 0 Å². The monoisotopic (exact) mass is 484 g/mol. The smallest absolute Gasteiger partial charge is 0.279 e. The van der Waals surface area contributed by atoms with E-state index >= 15 is 0 Å². The predicted octanol–water partition coefficient (Wildman–Crippen LogP) is 5.06. The summed E-state index contributed by atoms with van der Waals surface area (Å²) in [6.45, 7) is 3.43. The van der Waals surface area contributed by atoms with Crippen LogP contribution >= 0.6 is 11.3 Å². The number of piperidine rings is 1. The van der Waals surface area contributed by atoms with Crippen LogP contribution in [-0.4, -0.2) is 47.6 Å². The van der Waals surface area contributed by atoms with Crippen LogP contribution in [0.3, 0.4) is 0 Å². The lowest BCUT2D eigenvalue weighted by atomic mass is 9.85. The second-order valence-corrected chi connectivity index (χ2v) is 10.2. The van der Waals surface area contributed by atoms with Crippen molar-refractivity contribution in [2.24, 2.45) is 0 Å². The van der Waals surface area contributed by atoms with Crippen LogP contribution in [0.2, 0.25) is 0 Å². The molecule has 4 aromatic rings. The van der Waals surface area contributed by atoms with Gasteiger partial charge in [-0.05, 0) is 61.2 Å². The molecule has 0 atom stereocenters. The van der Waals surface area contributed by atoms with Gasteiger partial charge in [-0.3, -0.25) is 4.79 Å². The van der Waals surface area contributed by atoms with Crippen LogP contribution in [0, 0.1) is 0 Å². The number of aromatic nitrogens is 1. The SMILES string of the molecule is O=C1NCN(c2ccccc2)C12CCN(CCc1ccc(Oc3nc4ccccc4s3)cc1)CC2. The molecular weight excluding hydrogens is 456 g/mol. The molecule has 6 nitrogen and oxygen atoms in total. The first kappa shape index (κ1) is 22.1. The molecule has 6 rings (SSSR count). The average Bonchev–Trinajstić information content (AvgIpc) is 3.45. The molecule has 0 unspecified atom stereocenters. The van der Waals surface area contributed by atoms with E-state index in [-0.39, 0.29) is 5.91 Å². The molecule has 0 bridgehead atoms. The summed E-state index contributed by atoms with van der Waals surface area (Å²) < 4.78 is 7.11. The van der Waals surface area contributed by atoms with E-state index in [4.69, 9.17) is 4.74 Å². The Labute approximate surface area is 209 Å². The standard InChI is InChI=1S/C28H28N4O2S/c33-26-28(32(20-29-26)22-6-2-1-3-7-22)15-18-31(19-16-28)17-14-21-10-12-23(13-11-21)34-27-30-24-8-4-5-9-25(24)35-27/h1-13H,14-20H2,(H,29,33). The summed E-state index contributed by atoms with van der Waals surface area (Å²) in [5.74, 6) is 0.977. The van der Waals surface area contributed by atoms with Gasteiger partial charge in [-0.2, -0.15) is 0 Å². The number of amides is 1. The largest absolute Gasteiger partial charge is 0.431 e. The summed E-state index contributed by atoms with van der Waals surface area (Å²) in [7, 11) is 0. The summed E-state index contributed by atoms with van der Waals surface area (Å²) in [4.78, 5) is 22.1. The van der Waals surface area contributed by atoms with Crippen molar-refractivity contribution < 1.29 is 9.53 Å². The number of benzene rings is 3. The molecule has 1 amide bonds. The molecular formula is C28H28N4O2S. The van der Waals surface area contributed by atoms with Gasteiger partial charge in [0.2, 0.25) is 5.91 Å². The number of fused-ring (bicyclic) bond motifs is 1. The molecule has 0 saturated carbocycles. The van der Waals surface area contributed by atoms with Gasteiger partial charge in [-0.15, -0.1) is 0 Å². The first-order valence-corrected chi connectivity index (χ1v) is 13.0. The third kappa shape index (κ3) is 4.37. The van der Waals surface area contributed by atoms with Crippen molar-refractivity contribution in [3.8, 4) is 10.9 Å². The highest BCUT2D eigenvalue weighted by atomic mass is 32.1. The third-order valence-electron chi connectivity index (χ3n) is 7.21. The van der Waals surface area contributed by atoms with Gasteiger partial charge in [0.05, 0.1) is 16.9 Å².